The Hall–Kier alpha value is -2.93. The van der Waals surface area contributed by atoms with Crippen LogP contribution in [-0.2, 0) is 0 Å². The lowest BCUT2D eigenvalue weighted by molar-refractivity contribution is 1.23. The van der Waals surface area contributed by atoms with E-state index in [9.17, 15) is 0 Å². The van der Waals surface area contributed by atoms with Crippen molar-refractivity contribution >= 4 is 30.4 Å². The number of nitrogens with zero attached hydrogens (tertiary/aromatic N) is 1. The SMILES string of the molecule is C=C/C=c1/c(C=C)c(C)c(=N\C=C/C(C)=C/C)/c(=C/C=C)c(=C\C)/c1=CC. The maximum atomic E-state index is 4.82. The molecule has 27 heavy (non-hydrogen) atoms. The van der Waals surface area contributed by atoms with Crippen LogP contribution in [0, 0.1) is 6.92 Å². The Balaban J connectivity index is 4.58. The molecule has 0 aliphatic heterocycles. The van der Waals surface area contributed by atoms with Gasteiger partial charge in [0.1, 0.15) is 0 Å². The van der Waals surface area contributed by atoms with E-state index in [0.717, 1.165) is 37.4 Å². The molecule has 140 valence electrons. The summed E-state index contributed by atoms with van der Waals surface area (Å²) >= 11 is 0. The maximum absolute atomic E-state index is 4.82. The van der Waals surface area contributed by atoms with E-state index in [2.05, 4.69) is 58.7 Å². The van der Waals surface area contributed by atoms with Crippen molar-refractivity contribution in [2.45, 2.75) is 34.6 Å². The van der Waals surface area contributed by atoms with Crippen LogP contribution in [0.15, 0.2) is 60.8 Å². The van der Waals surface area contributed by atoms with Gasteiger partial charge in [0.2, 0.25) is 0 Å². The minimum absolute atomic E-state index is 0.921. The molecule has 0 atom stereocenters. The van der Waals surface area contributed by atoms with Gasteiger partial charge in [-0.25, -0.2) is 0 Å². The van der Waals surface area contributed by atoms with Gasteiger partial charge in [-0.3, -0.25) is 4.99 Å². The van der Waals surface area contributed by atoms with Gasteiger partial charge < -0.3 is 0 Å². The smallest absolute Gasteiger partial charge is 0.0743 e. The molecule has 0 amide bonds. The van der Waals surface area contributed by atoms with E-state index in [1.54, 1.807) is 0 Å². The molecule has 0 heterocycles. The van der Waals surface area contributed by atoms with Crippen molar-refractivity contribution in [2.75, 3.05) is 0 Å². The Kier molecular flexibility index (Phi) is 8.95. The van der Waals surface area contributed by atoms with Crippen LogP contribution in [0.5, 0.6) is 0 Å². The number of hydrogen-bond donors (Lipinski definition) is 0. The molecular formula is C26H31N. The predicted molar refractivity (Wildman–Crippen MR) is 124 cm³/mol. The second-order valence-corrected chi connectivity index (χ2v) is 6.11. The van der Waals surface area contributed by atoms with Gasteiger partial charge in [0, 0.05) is 11.4 Å². The van der Waals surface area contributed by atoms with Crippen molar-refractivity contribution in [1.29, 1.82) is 0 Å². The lowest BCUT2D eigenvalue weighted by atomic mass is 10.1. The van der Waals surface area contributed by atoms with Crippen LogP contribution in [0.3, 0.4) is 0 Å². The summed E-state index contributed by atoms with van der Waals surface area (Å²) in [6.45, 7) is 22.1. The van der Waals surface area contributed by atoms with E-state index in [4.69, 9.17) is 4.99 Å². The summed E-state index contributed by atoms with van der Waals surface area (Å²) in [6.07, 6.45) is 19.8. The molecule has 0 bridgehead atoms. The minimum Gasteiger partial charge on any atom is -0.256 e. The third-order valence-electron chi connectivity index (χ3n) is 4.52. The number of allylic oxidation sites excluding steroid dienone is 5. The fourth-order valence-corrected chi connectivity index (χ4v) is 3.06. The van der Waals surface area contributed by atoms with Gasteiger partial charge in [-0.1, -0.05) is 73.9 Å². The molecule has 0 radical (unpaired) electrons. The molecule has 0 fully saturated rings. The van der Waals surface area contributed by atoms with Crippen molar-refractivity contribution in [1.82, 2.24) is 0 Å². The van der Waals surface area contributed by atoms with Gasteiger partial charge >= 0.3 is 0 Å². The van der Waals surface area contributed by atoms with Crippen LogP contribution >= 0.6 is 0 Å². The third-order valence-corrected chi connectivity index (χ3v) is 4.52. The Bertz CT molecular complexity index is 1100. The second kappa shape index (κ2) is 10.9. The molecule has 0 saturated heterocycles. The minimum atomic E-state index is 0.921. The molecule has 1 aromatic rings. The van der Waals surface area contributed by atoms with Crippen LogP contribution in [0.1, 0.15) is 38.8 Å². The average Bonchev–Trinajstić information content (AvgIpc) is 2.75. The predicted octanol–water partition coefficient (Wildman–Crippen LogP) is 3.55. The quantitative estimate of drug-likeness (QED) is 0.715. The van der Waals surface area contributed by atoms with Crippen molar-refractivity contribution in [3.63, 3.8) is 0 Å². The van der Waals surface area contributed by atoms with E-state index < -0.39 is 0 Å². The molecule has 0 aromatic heterocycles. The number of hydrogen-bond acceptors (Lipinski definition) is 1. The van der Waals surface area contributed by atoms with E-state index in [0.29, 0.717) is 0 Å². The fraction of sp³-hybridized carbons (Fsp3) is 0.192. The van der Waals surface area contributed by atoms with Gasteiger partial charge in [0.25, 0.3) is 0 Å². The lowest BCUT2D eigenvalue weighted by Gasteiger charge is -1.97. The highest BCUT2D eigenvalue weighted by atomic mass is 14.7. The molecule has 0 aliphatic rings. The summed E-state index contributed by atoms with van der Waals surface area (Å²) in [6, 6.07) is 0. The van der Waals surface area contributed by atoms with E-state index in [1.807, 2.05) is 56.5 Å². The van der Waals surface area contributed by atoms with Crippen molar-refractivity contribution in [2.24, 2.45) is 4.99 Å². The third kappa shape index (κ3) is 5.04. The first-order chi connectivity index (χ1) is 13.0. The zero-order chi connectivity index (χ0) is 20.4. The summed E-state index contributed by atoms with van der Waals surface area (Å²) in [4.78, 5) is 4.82. The summed E-state index contributed by atoms with van der Waals surface area (Å²) in [5, 5.41) is 5.33. The lowest BCUT2D eigenvalue weighted by Crippen LogP contribution is -2.49. The molecule has 1 heteroatoms. The first-order valence-corrected chi connectivity index (χ1v) is 9.21. The highest BCUT2D eigenvalue weighted by molar-refractivity contribution is 5.58. The van der Waals surface area contributed by atoms with Gasteiger partial charge in [-0.2, -0.15) is 0 Å². The Labute approximate surface area is 163 Å². The summed E-state index contributed by atoms with van der Waals surface area (Å²) in [7, 11) is 0. The molecule has 0 spiro atoms. The monoisotopic (exact) mass is 357 g/mol. The van der Waals surface area contributed by atoms with E-state index in [1.165, 1.54) is 5.57 Å². The van der Waals surface area contributed by atoms with Gasteiger partial charge in [-0.15, -0.1) is 0 Å². The van der Waals surface area contributed by atoms with Gasteiger partial charge in [0.05, 0.1) is 5.36 Å². The Morgan fingerprint density at radius 3 is 1.89 bits per heavy atom. The van der Waals surface area contributed by atoms with Crippen LogP contribution in [0.2, 0.25) is 0 Å². The Morgan fingerprint density at radius 2 is 1.41 bits per heavy atom. The zero-order valence-corrected chi connectivity index (χ0v) is 17.3. The summed E-state index contributed by atoms with van der Waals surface area (Å²) in [5.74, 6) is 0. The van der Waals surface area contributed by atoms with Gasteiger partial charge in [-0.05, 0) is 67.5 Å². The highest BCUT2D eigenvalue weighted by Gasteiger charge is 2.03. The van der Waals surface area contributed by atoms with Gasteiger partial charge in [0.15, 0.2) is 0 Å². The van der Waals surface area contributed by atoms with Crippen LogP contribution in [0.25, 0.3) is 30.4 Å². The second-order valence-electron chi connectivity index (χ2n) is 6.11. The summed E-state index contributed by atoms with van der Waals surface area (Å²) in [5.41, 5.74) is 3.30. The molecule has 0 aliphatic carbocycles. The Morgan fingerprint density at radius 1 is 0.852 bits per heavy atom. The van der Waals surface area contributed by atoms with Crippen molar-refractivity contribution in [3.05, 3.63) is 93.2 Å². The first kappa shape index (κ1) is 22.1. The van der Waals surface area contributed by atoms with Crippen molar-refractivity contribution in [3.8, 4) is 0 Å². The topological polar surface area (TPSA) is 12.4 Å². The molecule has 0 N–H and O–H groups in total. The number of rotatable bonds is 5. The van der Waals surface area contributed by atoms with Crippen molar-refractivity contribution < 1.29 is 0 Å². The molecule has 0 unspecified atom stereocenters. The normalized spacial score (nSPS) is 15.7. The molecule has 1 rings (SSSR count). The molecule has 1 aromatic carbocycles. The fourth-order valence-electron chi connectivity index (χ4n) is 3.06. The highest BCUT2D eigenvalue weighted by Crippen LogP contribution is 1.96. The maximum Gasteiger partial charge on any atom is 0.0743 e. The zero-order valence-electron chi connectivity index (χ0n) is 17.3. The van der Waals surface area contributed by atoms with Crippen LogP contribution in [-0.4, -0.2) is 0 Å². The molecular weight excluding hydrogens is 326 g/mol. The van der Waals surface area contributed by atoms with Crippen LogP contribution < -0.4 is 26.2 Å². The van der Waals surface area contributed by atoms with Crippen LogP contribution in [0.4, 0.5) is 0 Å². The standard InChI is InChI=1S/C26H31N/c1-9-15-24-21(12-4)20(8)26(27-18-17-19(7)11-3)25(16-10-2)23(14-6)22(24)13-5/h9-18H,1-2,4H2,3,5-8H3/b18-17-,19-11+,22-13?,23-14-,24-15-,25-16+,27-26+. The molecule has 0 saturated carbocycles. The molecule has 1 nitrogen and oxygen atoms in total. The van der Waals surface area contributed by atoms with E-state index in [-0.39, 0.29) is 0 Å². The first-order valence-electron chi connectivity index (χ1n) is 9.21. The summed E-state index contributed by atoms with van der Waals surface area (Å²) < 4.78 is 0. The average molecular weight is 358 g/mol. The van der Waals surface area contributed by atoms with E-state index >= 15 is 0 Å². The largest absolute Gasteiger partial charge is 0.256 e.